The molecule has 0 bridgehead atoms. The second kappa shape index (κ2) is 10.2. The molecule has 14 heteroatoms. The molecule has 0 aliphatic heterocycles. The van der Waals surface area contributed by atoms with Gasteiger partial charge in [0.25, 0.3) is 5.91 Å². The maximum Gasteiger partial charge on any atom is 0.292 e. The number of methoxy groups -OCH3 is 1. The molecular weight excluding hydrogens is 483 g/mol. The number of aryl methyl sites for hydroxylation is 1. The molecular formula is C21H18ClFN8O4. The fourth-order valence-corrected chi connectivity index (χ4v) is 3.24. The van der Waals surface area contributed by atoms with E-state index in [-0.39, 0.29) is 34.5 Å². The molecule has 2 heterocycles. The van der Waals surface area contributed by atoms with Gasteiger partial charge in [-0.05, 0) is 53.1 Å². The van der Waals surface area contributed by atoms with E-state index in [2.05, 4.69) is 35.8 Å². The van der Waals surface area contributed by atoms with Gasteiger partial charge in [0.05, 0.1) is 24.0 Å². The molecule has 0 atom stereocenters. The molecule has 1 amide bonds. The van der Waals surface area contributed by atoms with Gasteiger partial charge in [0.15, 0.2) is 17.2 Å². The summed E-state index contributed by atoms with van der Waals surface area (Å²) in [4.78, 5) is 12.7. The van der Waals surface area contributed by atoms with E-state index >= 15 is 0 Å². The Hall–Kier alpha value is -4.52. The van der Waals surface area contributed by atoms with Crippen LogP contribution in [0.25, 0.3) is 5.82 Å². The van der Waals surface area contributed by atoms with E-state index in [4.69, 9.17) is 26.8 Å². The second-order valence-electron chi connectivity index (χ2n) is 7.01. The number of benzene rings is 2. The molecule has 0 spiro atoms. The van der Waals surface area contributed by atoms with E-state index in [1.807, 2.05) is 0 Å². The number of nitrogens with two attached hydrogens (primary N) is 1. The van der Waals surface area contributed by atoms with E-state index in [1.165, 1.54) is 25.5 Å². The molecule has 0 fully saturated rings. The summed E-state index contributed by atoms with van der Waals surface area (Å²) in [6, 6.07) is 9.33. The maximum absolute atomic E-state index is 14.0. The number of carbonyl (C=O) groups excluding carboxylic acids is 1. The van der Waals surface area contributed by atoms with Gasteiger partial charge in [-0.25, -0.2) is 14.4 Å². The summed E-state index contributed by atoms with van der Waals surface area (Å²) in [5.41, 5.74) is 9.25. The Bertz CT molecular complexity index is 1380. The number of amides is 1. The number of hydrogen-bond donors (Lipinski definition) is 2. The third-order valence-electron chi connectivity index (χ3n) is 4.75. The number of halogens is 2. The van der Waals surface area contributed by atoms with Crippen molar-refractivity contribution in [3.8, 4) is 17.3 Å². The molecule has 0 radical (unpaired) electrons. The smallest absolute Gasteiger partial charge is 0.292 e. The van der Waals surface area contributed by atoms with Crippen molar-refractivity contribution in [2.45, 2.75) is 13.5 Å². The highest BCUT2D eigenvalue weighted by molar-refractivity contribution is 6.31. The summed E-state index contributed by atoms with van der Waals surface area (Å²) in [6.07, 6.45) is 1.40. The third kappa shape index (κ3) is 5.04. The number of aromatic nitrogens is 5. The zero-order valence-electron chi connectivity index (χ0n) is 18.4. The van der Waals surface area contributed by atoms with Crippen LogP contribution < -0.4 is 20.6 Å². The molecule has 12 nitrogen and oxygen atoms in total. The van der Waals surface area contributed by atoms with Gasteiger partial charge in [0, 0.05) is 5.56 Å². The van der Waals surface area contributed by atoms with Crippen LogP contribution in [-0.4, -0.2) is 44.5 Å². The number of rotatable bonds is 8. The molecule has 180 valence electrons. The lowest BCUT2D eigenvalue weighted by Gasteiger charge is -2.12. The molecule has 3 N–H and O–H groups in total. The fourth-order valence-electron chi connectivity index (χ4n) is 3.03. The highest BCUT2D eigenvalue weighted by atomic mass is 35.5. The van der Waals surface area contributed by atoms with E-state index in [1.54, 1.807) is 31.2 Å². The summed E-state index contributed by atoms with van der Waals surface area (Å²) >= 11 is 6.04. The number of nitrogens with zero attached hydrogens (tertiary/aromatic N) is 6. The Morgan fingerprint density at radius 3 is 2.86 bits per heavy atom. The molecule has 0 aliphatic rings. The van der Waals surface area contributed by atoms with Crippen LogP contribution >= 0.6 is 11.6 Å². The minimum atomic E-state index is -0.611. The van der Waals surface area contributed by atoms with Gasteiger partial charge >= 0.3 is 0 Å². The van der Waals surface area contributed by atoms with Gasteiger partial charge in [-0.15, -0.1) is 5.10 Å². The molecule has 4 rings (SSSR count). The number of ether oxygens (including phenoxy) is 2. The monoisotopic (exact) mass is 500 g/mol. The van der Waals surface area contributed by atoms with Crippen molar-refractivity contribution in [3.05, 3.63) is 69.8 Å². The quantitative estimate of drug-likeness (QED) is 0.274. The van der Waals surface area contributed by atoms with Gasteiger partial charge in [0.2, 0.25) is 11.6 Å². The largest absolute Gasteiger partial charge is 0.493 e. The van der Waals surface area contributed by atoms with Crippen molar-refractivity contribution < 1.29 is 23.3 Å². The first kappa shape index (κ1) is 23.6. The minimum absolute atomic E-state index is 0.0247. The van der Waals surface area contributed by atoms with Crippen LogP contribution in [0.3, 0.4) is 0 Å². The number of carbonyl (C=O) groups is 1. The van der Waals surface area contributed by atoms with Gasteiger partial charge in [-0.3, -0.25) is 4.79 Å². The van der Waals surface area contributed by atoms with Crippen LogP contribution in [0.15, 0.2) is 46.1 Å². The summed E-state index contributed by atoms with van der Waals surface area (Å²) in [5, 5.41) is 19.0. The first-order chi connectivity index (χ1) is 16.9. The molecule has 35 heavy (non-hydrogen) atoms. The lowest BCUT2D eigenvalue weighted by Crippen LogP contribution is -2.22. The van der Waals surface area contributed by atoms with E-state index < -0.39 is 11.7 Å². The molecule has 2 aromatic heterocycles. The van der Waals surface area contributed by atoms with Gasteiger partial charge in [-0.1, -0.05) is 22.9 Å². The summed E-state index contributed by atoms with van der Waals surface area (Å²) < 4.78 is 30.7. The van der Waals surface area contributed by atoms with Crippen molar-refractivity contribution in [1.29, 1.82) is 0 Å². The third-order valence-corrected chi connectivity index (χ3v) is 5.11. The minimum Gasteiger partial charge on any atom is -0.493 e. The fraction of sp³-hybridized carbons (Fsp3) is 0.143. The first-order valence-corrected chi connectivity index (χ1v) is 10.3. The maximum atomic E-state index is 14.0. The topological polar surface area (TPSA) is 156 Å². The van der Waals surface area contributed by atoms with Crippen molar-refractivity contribution in [1.82, 2.24) is 30.7 Å². The Morgan fingerprint density at radius 1 is 1.31 bits per heavy atom. The molecule has 0 saturated heterocycles. The molecule has 0 aliphatic carbocycles. The lowest BCUT2D eigenvalue weighted by molar-refractivity contribution is 0.0946. The van der Waals surface area contributed by atoms with E-state index in [9.17, 15) is 9.18 Å². The first-order valence-electron chi connectivity index (χ1n) is 9.97. The predicted octanol–water partition coefficient (Wildman–Crippen LogP) is 2.68. The number of hydrogen-bond acceptors (Lipinski definition) is 10. The standard InChI is InChI=1S/C21H18ClFN8O4/c1-11-18(31(30-26-11)20-19(24)28-35-29-20)21(32)27-25-9-12-6-7-16(17(8-12)33-2)34-10-13-14(22)4-3-5-15(13)23/h3-9H,10H2,1-2H3,(H2,24,28)(H,27,32)/b25-9+. The zero-order chi connectivity index (χ0) is 24.9. The van der Waals surface area contributed by atoms with Gasteiger partial charge in [0.1, 0.15) is 12.4 Å². The van der Waals surface area contributed by atoms with Crippen molar-refractivity contribution in [3.63, 3.8) is 0 Å². The molecule has 0 saturated carbocycles. The lowest BCUT2D eigenvalue weighted by atomic mass is 10.2. The second-order valence-corrected chi connectivity index (χ2v) is 7.41. The van der Waals surface area contributed by atoms with Crippen LogP contribution in [0.2, 0.25) is 5.02 Å². The van der Waals surface area contributed by atoms with Crippen molar-refractivity contribution in [2.75, 3.05) is 12.8 Å². The normalized spacial score (nSPS) is 11.1. The average molecular weight is 501 g/mol. The van der Waals surface area contributed by atoms with E-state index in [0.717, 1.165) is 4.68 Å². The molecule has 4 aromatic rings. The molecule has 0 unspecified atom stereocenters. The van der Waals surface area contributed by atoms with Crippen molar-refractivity contribution >= 4 is 29.5 Å². The van der Waals surface area contributed by atoms with Crippen LogP contribution in [-0.2, 0) is 6.61 Å². The highest BCUT2D eigenvalue weighted by Crippen LogP contribution is 2.29. The summed E-state index contributed by atoms with van der Waals surface area (Å²) in [5.74, 6) is -0.363. The molecule has 2 aromatic carbocycles. The van der Waals surface area contributed by atoms with Crippen LogP contribution in [0.1, 0.15) is 27.3 Å². The Kier molecular flexibility index (Phi) is 6.87. The summed E-state index contributed by atoms with van der Waals surface area (Å²) in [7, 11) is 1.46. The van der Waals surface area contributed by atoms with Crippen molar-refractivity contribution in [2.24, 2.45) is 5.10 Å². The Balaban J connectivity index is 1.45. The Morgan fingerprint density at radius 2 is 2.14 bits per heavy atom. The van der Waals surface area contributed by atoms with E-state index in [0.29, 0.717) is 22.8 Å². The Labute approximate surface area is 202 Å². The van der Waals surface area contributed by atoms with Crippen LogP contribution in [0.4, 0.5) is 10.2 Å². The zero-order valence-corrected chi connectivity index (χ0v) is 19.2. The number of hydrazone groups is 1. The number of nitrogens with one attached hydrogen (secondary N) is 1. The van der Waals surface area contributed by atoms with Crippen LogP contribution in [0.5, 0.6) is 11.5 Å². The number of anilines is 1. The average Bonchev–Trinajstić information content (AvgIpc) is 3.43. The predicted molar refractivity (Wildman–Crippen MR) is 122 cm³/mol. The van der Waals surface area contributed by atoms with Crippen LogP contribution in [0, 0.1) is 12.7 Å². The highest BCUT2D eigenvalue weighted by Gasteiger charge is 2.22. The van der Waals surface area contributed by atoms with Gasteiger partial charge in [-0.2, -0.15) is 9.78 Å². The van der Waals surface area contributed by atoms with Gasteiger partial charge < -0.3 is 15.2 Å². The summed E-state index contributed by atoms with van der Waals surface area (Å²) in [6.45, 7) is 1.50. The number of nitrogen functional groups attached to an aromatic ring is 1. The SMILES string of the molecule is COc1cc(/C=N/NC(=O)c2c(C)nnn2-c2nonc2N)ccc1OCc1c(F)cccc1Cl.